The molecule has 0 aliphatic carbocycles. The van der Waals surface area contributed by atoms with Crippen LogP contribution in [0.15, 0.2) is 18.5 Å². The van der Waals surface area contributed by atoms with Gasteiger partial charge in [0.1, 0.15) is 0 Å². The molecule has 0 aliphatic heterocycles. The van der Waals surface area contributed by atoms with E-state index in [-0.39, 0.29) is 11.9 Å². The first kappa shape index (κ1) is 10.5. The molecule has 0 aliphatic rings. The van der Waals surface area contributed by atoms with Gasteiger partial charge in [0, 0.05) is 19.3 Å². The molecule has 0 bridgehead atoms. The van der Waals surface area contributed by atoms with Crippen molar-refractivity contribution in [2.24, 2.45) is 0 Å². The maximum Gasteiger partial charge on any atom is 0.253 e. The van der Waals surface area contributed by atoms with Crippen molar-refractivity contribution in [1.29, 1.82) is 0 Å². The van der Waals surface area contributed by atoms with Gasteiger partial charge in [-0.15, -0.1) is 0 Å². The van der Waals surface area contributed by atoms with Gasteiger partial charge in [-0.2, -0.15) is 0 Å². The van der Waals surface area contributed by atoms with Gasteiger partial charge in [-0.3, -0.25) is 9.78 Å². The summed E-state index contributed by atoms with van der Waals surface area (Å²) in [6.45, 7) is 3.86. The lowest BCUT2D eigenvalue weighted by molar-refractivity contribution is 0.0944. The highest BCUT2D eigenvalue weighted by Gasteiger charge is 2.10. The molecule has 1 aromatic rings. The summed E-state index contributed by atoms with van der Waals surface area (Å²) in [6.07, 6.45) is 3.24. The molecule has 1 heterocycles. The van der Waals surface area contributed by atoms with Crippen LogP contribution in [-0.4, -0.2) is 24.0 Å². The van der Waals surface area contributed by atoms with E-state index in [9.17, 15) is 4.79 Å². The number of nitrogens with one attached hydrogen (secondary N) is 2. The second kappa shape index (κ2) is 4.60. The van der Waals surface area contributed by atoms with Crippen molar-refractivity contribution in [3.8, 4) is 0 Å². The van der Waals surface area contributed by atoms with Crippen molar-refractivity contribution in [1.82, 2.24) is 10.3 Å². The van der Waals surface area contributed by atoms with Gasteiger partial charge >= 0.3 is 0 Å². The first-order valence-corrected chi connectivity index (χ1v) is 4.57. The Morgan fingerprint density at radius 2 is 2.21 bits per heavy atom. The monoisotopic (exact) mass is 193 g/mol. The van der Waals surface area contributed by atoms with Gasteiger partial charge in [0.15, 0.2) is 0 Å². The maximum atomic E-state index is 11.7. The van der Waals surface area contributed by atoms with Crippen molar-refractivity contribution < 1.29 is 4.79 Å². The molecule has 4 heteroatoms. The molecule has 0 saturated carbocycles. The van der Waals surface area contributed by atoms with Crippen LogP contribution in [0.1, 0.15) is 24.2 Å². The fourth-order valence-corrected chi connectivity index (χ4v) is 1.13. The van der Waals surface area contributed by atoms with Crippen LogP contribution in [-0.2, 0) is 0 Å². The van der Waals surface area contributed by atoms with Crippen molar-refractivity contribution in [3.63, 3.8) is 0 Å². The average molecular weight is 193 g/mol. The third-order valence-corrected chi connectivity index (χ3v) is 1.75. The summed E-state index contributed by atoms with van der Waals surface area (Å²) in [5, 5.41) is 5.75. The van der Waals surface area contributed by atoms with Crippen molar-refractivity contribution >= 4 is 11.6 Å². The number of hydrogen-bond donors (Lipinski definition) is 2. The highest BCUT2D eigenvalue weighted by atomic mass is 16.1. The Balaban J connectivity index is 2.88. The molecular formula is C10H15N3O. The molecule has 2 N–H and O–H groups in total. The van der Waals surface area contributed by atoms with Gasteiger partial charge in [-0.1, -0.05) is 0 Å². The van der Waals surface area contributed by atoms with Crippen LogP contribution in [0.5, 0.6) is 0 Å². The first-order valence-electron chi connectivity index (χ1n) is 4.57. The Kier molecular flexibility index (Phi) is 3.45. The fraction of sp³-hybridized carbons (Fsp3) is 0.400. The lowest BCUT2D eigenvalue weighted by Gasteiger charge is -2.11. The van der Waals surface area contributed by atoms with Crippen LogP contribution in [0.2, 0.25) is 0 Å². The first-order chi connectivity index (χ1) is 6.65. The van der Waals surface area contributed by atoms with E-state index >= 15 is 0 Å². The van der Waals surface area contributed by atoms with Crippen LogP contribution in [0, 0.1) is 0 Å². The van der Waals surface area contributed by atoms with Crippen LogP contribution in [0.3, 0.4) is 0 Å². The number of pyridine rings is 1. The summed E-state index contributed by atoms with van der Waals surface area (Å²) in [6, 6.07) is 1.84. The molecule has 4 nitrogen and oxygen atoms in total. The third kappa shape index (κ3) is 2.45. The minimum Gasteiger partial charge on any atom is -0.386 e. The van der Waals surface area contributed by atoms with E-state index in [0.717, 1.165) is 5.69 Å². The Hall–Kier alpha value is -1.58. The largest absolute Gasteiger partial charge is 0.386 e. The number of carbonyl (C=O) groups excluding carboxylic acids is 1. The van der Waals surface area contributed by atoms with E-state index in [2.05, 4.69) is 15.6 Å². The molecule has 0 radical (unpaired) electrons. The third-order valence-electron chi connectivity index (χ3n) is 1.75. The summed E-state index contributed by atoms with van der Waals surface area (Å²) in [4.78, 5) is 15.6. The Labute approximate surface area is 83.7 Å². The summed E-state index contributed by atoms with van der Waals surface area (Å²) < 4.78 is 0. The predicted octanol–water partition coefficient (Wildman–Crippen LogP) is 1.26. The highest BCUT2D eigenvalue weighted by molar-refractivity contribution is 5.99. The summed E-state index contributed by atoms with van der Waals surface area (Å²) in [5.41, 5.74) is 1.36. The molecule has 0 fully saturated rings. The summed E-state index contributed by atoms with van der Waals surface area (Å²) in [5.74, 6) is -0.0771. The second-order valence-corrected chi connectivity index (χ2v) is 3.30. The maximum absolute atomic E-state index is 11.7. The standard InChI is InChI=1S/C10H15N3O/c1-7(2)13-10(14)8-4-5-12-6-9(8)11-3/h4-7,11H,1-3H3,(H,13,14). The Bertz CT molecular complexity index is 323. The SMILES string of the molecule is CNc1cnccc1C(=O)NC(C)C. The van der Waals surface area contributed by atoms with Crippen LogP contribution >= 0.6 is 0 Å². The molecule has 0 saturated heterocycles. The number of anilines is 1. The Morgan fingerprint density at radius 1 is 1.50 bits per heavy atom. The fourth-order valence-electron chi connectivity index (χ4n) is 1.13. The van der Waals surface area contributed by atoms with Gasteiger partial charge in [0.25, 0.3) is 5.91 Å². The van der Waals surface area contributed by atoms with E-state index in [1.807, 2.05) is 13.8 Å². The van der Waals surface area contributed by atoms with Gasteiger partial charge in [-0.05, 0) is 19.9 Å². The van der Waals surface area contributed by atoms with E-state index in [1.54, 1.807) is 25.5 Å². The number of aromatic nitrogens is 1. The molecule has 0 atom stereocenters. The molecule has 1 rings (SSSR count). The average Bonchev–Trinajstić information content (AvgIpc) is 2.16. The molecule has 0 unspecified atom stereocenters. The molecule has 0 aromatic carbocycles. The minimum absolute atomic E-state index is 0.0771. The summed E-state index contributed by atoms with van der Waals surface area (Å²) in [7, 11) is 1.77. The van der Waals surface area contributed by atoms with Gasteiger partial charge < -0.3 is 10.6 Å². The van der Waals surface area contributed by atoms with E-state index < -0.39 is 0 Å². The van der Waals surface area contributed by atoms with Gasteiger partial charge in [0.2, 0.25) is 0 Å². The van der Waals surface area contributed by atoms with E-state index in [4.69, 9.17) is 0 Å². The van der Waals surface area contributed by atoms with E-state index in [0.29, 0.717) is 5.56 Å². The van der Waals surface area contributed by atoms with Gasteiger partial charge in [0.05, 0.1) is 17.4 Å². The topological polar surface area (TPSA) is 54.0 Å². The van der Waals surface area contributed by atoms with Crippen LogP contribution < -0.4 is 10.6 Å². The normalized spacial score (nSPS) is 10.0. The van der Waals surface area contributed by atoms with Gasteiger partial charge in [-0.25, -0.2) is 0 Å². The molecule has 14 heavy (non-hydrogen) atoms. The van der Waals surface area contributed by atoms with Crippen molar-refractivity contribution in [3.05, 3.63) is 24.0 Å². The smallest absolute Gasteiger partial charge is 0.253 e. The lowest BCUT2D eigenvalue weighted by atomic mass is 10.2. The lowest BCUT2D eigenvalue weighted by Crippen LogP contribution is -2.30. The van der Waals surface area contributed by atoms with Crippen molar-refractivity contribution in [2.45, 2.75) is 19.9 Å². The number of amides is 1. The molecule has 76 valence electrons. The molecule has 0 spiro atoms. The zero-order chi connectivity index (χ0) is 10.6. The minimum atomic E-state index is -0.0771. The van der Waals surface area contributed by atoms with E-state index in [1.165, 1.54) is 0 Å². The quantitative estimate of drug-likeness (QED) is 0.760. The predicted molar refractivity (Wildman–Crippen MR) is 56.4 cm³/mol. The second-order valence-electron chi connectivity index (χ2n) is 3.30. The zero-order valence-electron chi connectivity index (χ0n) is 8.66. The number of rotatable bonds is 3. The van der Waals surface area contributed by atoms with Crippen LogP contribution in [0.25, 0.3) is 0 Å². The zero-order valence-corrected chi connectivity index (χ0v) is 8.66. The molecule has 1 amide bonds. The van der Waals surface area contributed by atoms with Crippen LogP contribution in [0.4, 0.5) is 5.69 Å². The Morgan fingerprint density at radius 3 is 2.79 bits per heavy atom. The molecule has 1 aromatic heterocycles. The summed E-state index contributed by atoms with van der Waals surface area (Å²) >= 11 is 0. The highest BCUT2D eigenvalue weighted by Crippen LogP contribution is 2.11. The number of nitrogens with zero attached hydrogens (tertiary/aromatic N) is 1. The molecular weight excluding hydrogens is 178 g/mol. The number of hydrogen-bond acceptors (Lipinski definition) is 3. The number of carbonyl (C=O) groups is 1. The van der Waals surface area contributed by atoms with Crippen molar-refractivity contribution in [2.75, 3.05) is 12.4 Å².